The molecule has 2 aliphatic rings. The Bertz CT molecular complexity index is 741. The molecular formula is C20H24N4O. The highest BCUT2D eigenvalue weighted by Gasteiger charge is 2.27. The fraction of sp³-hybridized carbons (Fsp3) is 0.450. The Hall–Kier alpha value is -2.43. The van der Waals surface area contributed by atoms with Crippen LogP contribution >= 0.6 is 0 Å². The molecule has 5 heteroatoms. The number of nitrogens with zero attached hydrogens (tertiary/aromatic N) is 3. The van der Waals surface area contributed by atoms with Crippen LogP contribution in [0.2, 0.25) is 0 Å². The third-order valence-corrected chi connectivity index (χ3v) is 5.19. The van der Waals surface area contributed by atoms with Crippen molar-refractivity contribution >= 4 is 17.5 Å². The van der Waals surface area contributed by atoms with Crippen molar-refractivity contribution in [3.63, 3.8) is 0 Å². The van der Waals surface area contributed by atoms with Gasteiger partial charge in [0.2, 0.25) is 11.9 Å². The van der Waals surface area contributed by atoms with E-state index in [0.29, 0.717) is 0 Å². The van der Waals surface area contributed by atoms with Gasteiger partial charge in [0.05, 0.1) is 0 Å². The maximum Gasteiger partial charge on any atom is 0.227 e. The van der Waals surface area contributed by atoms with Gasteiger partial charge in [0.25, 0.3) is 0 Å². The number of rotatable bonds is 3. The second-order valence-electron chi connectivity index (χ2n) is 6.98. The van der Waals surface area contributed by atoms with E-state index in [4.69, 9.17) is 4.98 Å². The average molecular weight is 336 g/mol. The topological polar surface area (TPSA) is 58.1 Å². The van der Waals surface area contributed by atoms with Gasteiger partial charge in [-0.3, -0.25) is 4.79 Å². The molecule has 25 heavy (non-hydrogen) atoms. The molecule has 1 aliphatic carbocycles. The summed E-state index contributed by atoms with van der Waals surface area (Å²) in [4.78, 5) is 24.2. The Morgan fingerprint density at radius 1 is 1.12 bits per heavy atom. The molecule has 4 rings (SSSR count). The van der Waals surface area contributed by atoms with Gasteiger partial charge in [0.15, 0.2) is 0 Å². The van der Waals surface area contributed by atoms with Crippen molar-refractivity contribution in [3.05, 3.63) is 47.8 Å². The molecule has 0 saturated carbocycles. The maximum atomic E-state index is 12.5. The van der Waals surface area contributed by atoms with Gasteiger partial charge < -0.3 is 10.2 Å². The minimum absolute atomic E-state index is 0.00265. The molecule has 2 aromatic rings. The van der Waals surface area contributed by atoms with E-state index < -0.39 is 0 Å². The smallest absolute Gasteiger partial charge is 0.227 e. The van der Waals surface area contributed by atoms with Crippen molar-refractivity contribution in [3.8, 4) is 0 Å². The Morgan fingerprint density at radius 2 is 1.92 bits per heavy atom. The first-order valence-corrected chi connectivity index (χ1v) is 9.25. The minimum atomic E-state index is -0.00265. The van der Waals surface area contributed by atoms with Crippen LogP contribution in [0.25, 0.3) is 0 Å². The number of para-hydroxylation sites is 1. The molecule has 0 spiro atoms. The number of anilines is 2. The second-order valence-corrected chi connectivity index (χ2v) is 6.98. The van der Waals surface area contributed by atoms with Crippen molar-refractivity contribution in [1.29, 1.82) is 0 Å². The number of hydrogen-bond acceptors (Lipinski definition) is 4. The van der Waals surface area contributed by atoms with E-state index in [1.807, 2.05) is 36.5 Å². The zero-order chi connectivity index (χ0) is 17.1. The second kappa shape index (κ2) is 7.21. The lowest BCUT2D eigenvalue weighted by molar-refractivity contribution is -0.120. The predicted molar refractivity (Wildman–Crippen MR) is 98.7 cm³/mol. The number of amides is 1. The number of piperidine rings is 1. The Kier molecular flexibility index (Phi) is 4.63. The molecule has 1 fully saturated rings. The van der Waals surface area contributed by atoms with Crippen LogP contribution in [-0.4, -0.2) is 29.0 Å². The Balaban J connectivity index is 1.43. The molecule has 2 heterocycles. The zero-order valence-electron chi connectivity index (χ0n) is 14.4. The first-order valence-electron chi connectivity index (χ1n) is 9.25. The maximum absolute atomic E-state index is 12.5. The van der Waals surface area contributed by atoms with Crippen LogP contribution in [0.5, 0.6) is 0 Å². The lowest BCUT2D eigenvalue weighted by Crippen LogP contribution is -2.32. The zero-order valence-corrected chi connectivity index (χ0v) is 14.4. The SMILES string of the molecule is O=C(Nc1ccccc1)[C@H]1CCc2nc(N3CCCCC3)ncc2C1. The molecule has 1 N–H and O–H groups in total. The number of nitrogens with one attached hydrogen (secondary N) is 1. The van der Waals surface area contributed by atoms with Gasteiger partial charge in [0, 0.05) is 36.6 Å². The molecule has 1 saturated heterocycles. The number of benzene rings is 1. The fourth-order valence-electron chi connectivity index (χ4n) is 3.73. The van der Waals surface area contributed by atoms with Crippen LogP contribution in [0.4, 0.5) is 11.6 Å². The Labute approximate surface area is 148 Å². The molecule has 130 valence electrons. The first kappa shape index (κ1) is 16.1. The van der Waals surface area contributed by atoms with E-state index in [1.165, 1.54) is 19.3 Å². The number of hydrogen-bond donors (Lipinski definition) is 1. The summed E-state index contributed by atoms with van der Waals surface area (Å²) in [6.45, 7) is 2.11. The summed E-state index contributed by atoms with van der Waals surface area (Å²) in [5.74, 6) is 0.958. The summed E-state index contributed by atoms with van der Waals surface area (Å²) in [6.07, 6.45) is 8.13. The van der Waals surface area contributed by atoms with Crippen LogP contribution in [-0.2, 0) is 17.6 Å². The summed E-state index contributed by atoms with van der Waals surface area (Å²) < 4.78 is 0. The molecular weight excluding hydrogens is 312 g/mol. The lowest BCUT2D eigenvalue weighted by Gasteiger charge is -2.28. The van der Waals surface area contributed by atoms with E-state index in [1.54, 1.807) is 0 Å². The van der Waals surface area contributed by atoms with E-state index in [-0.39, 0.29) is 11.8 Å². The van der Waals surface area contributed by atoms with E-state index in [0.717, 1.165) is 55.2 Å². The van der Waals surface area contributed by atoms with Crippen LogP contribution in [0.3, 0.4) is 0 Å². The molecule has 1 atom stereocenters. The van der Waals surface area contributed by atoms with Gasteiger partial charge in [-0.1, -0.05) is 18.2 Å². The van der Waals surface area contributed by atoms with E-state index in [2.05, 4.69) is 15.2 Å². The highest BCUT2D eigenvalue weighted by molar-refractivity contribution is 5.92. The summed E-state index contributed by atoms with van der Waals surface area (Å²) >= 11 is 0. The highest BCUT2D eigenvalue weighted by Crippen LogP contribution is 2.27. The quantitative estimate of drug-likeness (QED) is 0.935. The largest absolute Gasteiger partial charge is 0.341 e. The van der Waals surface area contributed by atoms with Crippen molar-refractivity contribution < 1.29 is 4.79 Å². The van der Waals surface area contributed by atoms with Crippen molar-refractivity contribution in [1.82, 2.24) is 9.97 Å². The first-order chi connectivity index (χ1) is 12.3. The van der Waals surface area contributed by atoms with Gasteiger partial charge in [-0.2, -0.15) is 0 Å². The van der Waals surface area contributed by atoms with Gasteiger partial charge in [-0.05, 0) is 56.2 Å². The molecule has 1 amide bonds. The van der Waals surface area contributed by atoms with Gasteiger partial charge >= 0.3 is 0 Å². The van der Waals surface area contributed by atoms with Crippen molar-refractivity contribution in [2.75, 3.05) is 23.3 Å². The normalized spacial score (nSPS) is 20.0. The number of carbonyl (C=O) groups excluding carboxylic acids is 1. The highest BCUT2D eigenvalue weighted by atomic mass is 16.1. The van der Waals surface area contributed by atoms with Crippen molar-refractivity contribution in [2.45, 2.75) is 38.5 Å². The number of fused-ring (bicyclic) bond motifs is 1. The molecule has 1 aromatic carbocycles. The average Bonchev–Trinajstić information content (AvgIpc) is 2.68. The molecule has 0 unspecified atom stereocenters. The van der Waals surface area contributed by atoms with Crippen molar-refractivity contribution in [2.24, 2.45) is 5.92 Å². The minimum Gasteiger partial charge on any atom is -0.341 e. The molecule has 1 aromatic heterocycles. The molecule has 0 radical (unpaired) electrons. The molecule has 1 aliphatic heterocycles. The lowest BCUT2D eigenvalue weighted by atomic mass is 9.86. The van der Waals surface area contributed by atoms with Crippen LogP contribution in [0.15, 0.2) is 36.5 Å². The number of carbonyl (C=O) groups is 1. The summed E-state index contributed by atoms with van der Waals surface area (Å²) in [6, 6.07) is 9.65. The van der Waals surface area contributed by atoms with E-state index >= 15 is 0 Å². The number of aryl methyl sites for hydroxylation is 1. The van der Waals surface area contributed by atoms with Gasteiger partial charge in [-0.15, -0.1) is 0 Å². The van der Waals surface area contributed by atoms with Crippen LogP contribution < -0.4 is 10.2 Å². The van der Waals surface area contributed by atoms with E-state index in [9.17, 15) is 4.79 Å². The number of aromatic nitrogens is 2. The third-order valence-electron chi connectivity index (χ3n) is 5.19. The predicted octanol–water partition coefficient (Wildman–Crippen LogP) is 3.21. The molecule has 0 bridgehead atoms. The van der Waals surface area contributed by atoms with Crippen LogP contribution in [0, 0.1) is 5.92 Å². The molecule has 5 nitrogen and oxygen atoms in total. The standard InChI is InChI=1S/C20H24N4O/c25-19(22-17-7-3-1-4-8-17)15-9-10-18-16(13-15)14-21-20(23-18)24-11-5-2-6-12-24/h1,3-4,7-8,14-15H,2,5-6,9-13H2,(H,22,25)/t15-/m0/s1. The van der Waals surface area contributed by atoms with Gasteiger partial charge in [0.1, 0.15) is 0 Å². The fourth-order valence-corrected chi connectivity index (χ4v) is 3.73. The monoisotopic (exact) mass is 336 g/mol. The van der Waals surface area contributed by atoms with Gasteiger partial charge in [-0.25, -0.2) is 9.97 Å². The summed E-state index contributed by atoms with van der Waals surface area (Å²) in [5.41, 5.74) is 3.11. The Morgan fingerprint density at radius 3 is 2.72 bits per heavy atom. The summed E-state index contributed by atoms with van der Waals surface area (Å²) in [5, 5.41) is 3.02. The van der Waals surface area contributed by atoms with Crippen LogP contribution in [0.1, 0.15) is 36.9 Å². The summed E-state index contributed by atoms with van der Waals surface area (Å²) in [7, 11) is 0. The third kappa shape index (κ3) is 3.65.